The molecule has 118 valence electrons. The molecule has 2 nitrogen and oxygen atoms in total. The van der Waals surface area contributed by atoms with E-state index >= 15 is 0 Å². The number of benzene rings is 1. The molecule has 1 aromatic carbocycles. The first-order valence-electron chi connectivity index (χ1n) is 8.30. The fourth-order valence-corrected chi connectivity index (χ4v) is 6.24. The number of hydrogen-bond acceptors (Lipinski definition) is 2. The van der Waals surface area contributed by atoms with E-state index in [9.17, 15) is 4.79 Å². The molecule has 4 heteroatoms. The van der Waals surface area contributed by atoms with Crippen LogP contribution in [-0.2, 0) is 4.79 Å². The minimum absolute atomic E-state index is 0.145. The van der Waals surface area contributed by atoms with Crippen molar-refractivity contribution >= 4 is 33.6 Å². The van der Waals surface area contributed by atoms with Gasteiger partial charge in [-0.25, -0.2) is 0 Å². The Morgan fingerprint density at radius 3 is 2.18 bits per heavy atom. The van der Waals surface area contributed by atoms with Crippen molar-refractivity contribution in [1.82, 2.24) is 5.32 Å². The summed E-state index contributed by atoms with van der Waals surface area (Å²) >= 11 is 5.07. The monoisotopic (exact) mass is 379 g/mol. The predicted octanol–water partition coefficient (Wildman–Crippen LogP) is 4.63. The first kappa shape index (κ1) is 15.1. The van der Waals surface area contributed by atoms with E-state index in [1.54, 1.807) is 11.8 Å². The molecule has 22 heavy (non-hydrogen) atoms. The maximum atomic E-state index is 12.4. The summed E-state index contributed by atoms with van der Waals surface area (Å²) < 4.78 is 1.08. The minimum Gasteiger partial charge on any atom is -0.350 e. The maximum absolute atomic E-state index is 12.4. The van der Waals surface area contributed by atoms with Gasteiger partial charge in [0, 0.05) is 14.9 Å². The van der Waals surface area contributed by atoms with E-state index in [1.807, 2.05) is 12.1 Å². The molecule has 5 rings (SSSR count). The molecule has 0 spiro atoms. The zero-order valence-electron chi connectivity index (χ0n) is 12.7. The summed E-state index contributed by atoms with van der Waals surface area (Å²) in [4.78, 5) is 13.6. The Morgan fingerprint density at radius 1 is 1.09 bits per heavy atom. The van der Waals surface area contributed by atoms with Gasteiger partial charge in [-0.05, 0) is 80.5 Å². The molecule has 4 saturated carbocycles. The molecule has 0 saturated heterocycles. The number of halogens is 1. The van der Waals surface area contributed by atoms with E-state index in [-0.39, 0.29) is 11.4 Å². The van der Waals surface area contributed by atoms with Crippen molar-refractivity contribution in [2.24, 2.45) is 17.8 Å². The summed E-state index contributed by atoms with van der Waals surface area (Å²) in [7, 11) is 0. The quantitative estimate of drug-likeness (QED) is 0.772. The molecular weight excluding hydrogens is 358 g/mol. The average molecular weight is 380 g/mol. The number of rotatable bonds is 4. The van der Waals surface area contributed by atoms with Crippen LogP contribution in [0.1, 0.15) is 38.5 Å². The van der Waals surface area contributed by atoms with E-state index in [2.05, 4.69) is 33.4 Å². The van der Waals surface area contributed by atoms with Crippen LogP contribution in [0.25, 0.3) is 0 Å². The third kappa shape index (κ3) is 3.09. The summed E-state index contributed by atoms with van der Waals surface area (Å²) in [5, 5.41) is 3.44. The summed E-state index contributed by atoms with van der Waals surface area (Å²) in [6.45, 7) is 0. The molecule has 4 bridgehead atoms. The van der Waals surface area contributed by atoms with Crippen LogP contribution in [0.3, 0.4) is 0 Å². The fraction of sp³-hybridized carbons (Fsp3) is 0.611. The molecule has 1 amide bonds. The van der Waals surface area contributed by atoms with Crippen LogP contribution in [0.2, 0.25) is 0 Å². The summed E-state index contributed by atoms with van der Waals surface area (Å²) in [5.74, 6) is 3.39. The topological polar surface area (TPSA) is 29.1 Å². The van der Waals surface area contributed by atoms with Gasteiger partial charge in [0.1, 0.15) is 0 Å². The van der Waals surface area contributed by atoms with Crippen LogP contribution in [0.15, 0.2) is 33.6 Å². The lowest BCUT2D eigenvalue weighted by atomic mass is 9.53. The van der Waals surface area contributed by atoms with Gasteiger partial charge in [0.2, 0.25) is 5.91 Å². The molecule has 1 N–H and O–H groups in total. The highest BCUT2D eigenvalue weighted by atomic mass is 79.9. The van der Waals surface area contributed by atoms with Gasteiger partial charge in [0.05, 0.1) is 5.75 Å². The average Bonchev–Trinajstić information content (AvgIpc) is 2.44. The maximum Gasteiger partial charge on any atom is 0.230 e. The van der Waals surface area contributed by atoms with Gasteiger partial charge in [0.15, 0.2) is 0 Å². The van der Waals surface area contributed by atoms with Crippen molar-refractivity contribution in [2.75, 3.05) is 5.75 Å². The van der Waals surface area contributed by atoms with Gasteiger partial charge < -0.3 is 5.32 Å². The molecule has 4 aliphatic carbocycles. The van der Waals surface area contributed by atoms with E-state index in [4.69, 9.17) is 0 Å². The molecule has 0 radical (unpaired) electrons. The lowest BCUT2D eigenvalue weighted by Gasteiger charge is -2.56. The highest BCUT2D eigenvalue weighted by molar-refractivity contribution is 9.10. The number of hydrogen-bond donors (Lipinski definition) is 1. The normalized spacial score (nSPS) is 35.6. The van der Waals surface area contributed by atoms with Crippen LogP contribution >= 0.6 is 27.7 Å². The Labute approximate surface area is 144 Å². The molecule has 4 aliphatic rings. The van der Waals surface area contributed by atoms with Crippen molar-refractivity contribution in [2.45, 2.75) is 49.0 Å². The van der Waals surface area contributed by atoms with Crippen LogP contribution < -0.4 is 5.32 Å². The standard InChI is InChI=1S/C18H22BrNOS/c19-15-1-3-16(4-2-15)22-11-17(21)20-18-8-12-5-13(9-18)7-14(6-12)10-18/h1-4,12-14H,5-11H2,(H,20,21). The van der Waals surface area contributed by atoms with Gasteiger partial charge >= 0.3 is 0 Å². The third-order valence-electron chi connectivity index (χ3n) is 5.63. The second kappa shape index (κ2) is 5.86. The van der Waals surface area contributed by atoms with Crippen LogP contribution in [0, 0.1) is 17.8 Å². The zero-order chi connectivity index (χ0) is 15.2. The highest BCUT2D eigenvalue weighted by Crippen LogP contribution is 2.55. The highest BCUT2D eigenvalue weighted by Gasteiger charge is 2.51. The van der Waals surface area contributed by atoms with Crippen LogP contribution in [0.4, 0.5) is 0 Å². The van der Waals surface area contributed by atoms with Crippen molar-refractivity contribution < 1.29 is 4.79 Å². The smallest absolute Gasteiger partial charge is 0.230 e. The van der Waals surface area contributed by atoms with Gasteiger partial charge in [-0.15, -0.1) is 11.8 Å². The van der Waals surface area contributed by atoms with Gasteiger partial charge in [-0.1, -0.05) is 15.9 Å². The lowest BCUT2D eigenvalue weighted by Crippen LogP contribution is -2.60. The molecule has 0 unspecified atom stereocenters. The predicted molar refractivity (Wildman–Crippen MR) is 93.9 cm³/mol. The Balaban J connectivity index is 1.35. The van der Waals surface area contributed by atoms with Gasteiger partial charge in [-0.3, -0.25) is 4.79 Å². The number of nitrogens with one attached hydrogen (secondary N) is 1. The Morgan fingerprint density at radius 2 is 1.64 bits per heavy atom. The molecule has 1 aromatic rings. The number of thioether (sulfide) groups is 1. The Bertz CT molecular complexity index is 536. The first-order chi connectivity index (χ1) is 10.6. The summed E-state index contributed by atoms with van der Waals surface area (Å²) in [6.07, 6.45) is 7.95. The zero-order valence-corrected chi connectivity index (χ0v) is 15.1. The van der Waals surface area contributed by atoms with Crippen LogP contribution in [0.5, 0.6) is 0 Å². The van der Waals surface area contributed by atoms with Crippen molar-refractivity contribution in [3.8, 4) is 0 Å². The molecule has 0 heterocycles. The summed E-state index contributed by atoms with van der Waals surface area (Å²) in [6, 6.07) is 8.18. The first-order valence-corrected chi connectivity index (χ1v) is 10.1. The SMILES string of the molecule is O=C(CSc1ccc(Br)cc1)NC12CC3CC(CC(C3)C1)C2. The number of carbonyl (C=O) groups excluding carboxylic acids is 1. The van der Waals surface area contributed by atoms with E-state index in [1.165, 1.54) is 38.5 Å². The van der Waals surface area contributed by atoms with Crippen molar-refractivity contribution in [3.63, 3.8) is 0 Å². The van der Waals surface area contributed by atoms with Crippen molar-refractivity contribution in [3.05, 3.63) is 28.7 Å². The second-order valence-corrected chi connectivity index (χ2v) is 9.45. The van der Waals surface area contributed by atoms with Crippen LogP contribution in [-0.4, -0.2) is 17.2 Å². The number of amides is 1. The number of carbonyl (C=O) groups is 1. The molecule has 0 atom stereocenters. The largest absolute Gasteiger partial charge is 0.350 e. The molecule has 4 fully saturated rings. The Kier molecular flexibility index (Phi) is 4.02. The van der Waals surface area contributed by atoms with Gasteiger partial charge in [-0.2, -0.15) is 0 Å². The molecular formula is C18H22BrNOS. The van der Waals surface area contributed by atoms with E-state index in [0.717, 1.165) is 27.1 Å². The molecule has 0 aliphatic heterocycles. The third-order valence-corrected chi connectivity index (χ3v) is 7.17. The summed E-state index contributed by atoms with van der Waals surface area (Å²) in [5.41, 5.74) is 0.145. The Hall–Kier alpha value is -0.480. The minimum atomic E-state index is 0.145. The van der Waals surface area contributed by atoms with E-state index in [0.29, 0.717) is 5.75 Å². The van der Waals surface area contributed by atoms with Crippen molar-refractivity contribution in [1.29, 1.82) is 0 Å². The van der Waals surface area contributed by atoms with E-state index < -0.39 is 0 Å². The molecule has 0 aromatic heterocycles. The lowest BCUT2D eigenvalue weighted by molar-refractivity contribution is -0.124. The fourth-order valence-electron chi connectivity index (χ4n) is 5.28. The second-order valence-electron chi connectivity index (χ2n) is 7.49. The van der Waals surface area contributed by atoms with Gasteiger partial charge in [0.25, 0.3) is 0 Å².